The summed E-state index contributed by atoms with van der Waals surface area (Å²) in [6, 6.07) is 1.97. The normalized spacial score (nSPS) is 12.3. The topological polar surface area (TPSA) is 50.4 Å². The van der Waals surface area contributed by atoms with Gasteiger partial charge in [-0.1, -0.05) is 20.8 Å². The molecule has 0 unspecified atom stereocenters. The number of rotatable bonds is 1. The van der Waals surface area contributed by atoms with E-state index in [1.54, 1.807) is 16.9 Å². The van der Waals surface area contributed by atoms with Crippen molar-refractivity contribution in [2.45, 2.75) is 32.8 Å². The van der Waals surface area contributed by atoms with Crippen molar-refractivity contribution in [1.29, 1.82) is 0 Å². The maximum atomic E-state index is 8.98. The average molecular weight is 205 g/mol. The number of hydrogen-bond donors (Lipinski definition) is 1. The first kappa shape index (κ1) is 10.1. The Hall–Kier alpha value is -1.42. The number of fused-ring (bicyclic) bond motifs is 1. The highest BCUT2D eigenvalue weighted by Gasteiger charge is 2.17. The van der Waals surface area contributed by atoms with Crippen LogP contribution in [0.5, 0.6) is 0 Å². The van der Waals surface area contributed by atoms with Crippen LogP contribution in [0, 0.1) is 0 Å². The van der Waals surface area contributed by atoms with Gasteiger partial charge >= 0.3 is 0 Å². The van der Waals surface area contributed by atoms with Crippen LogP contribution in [0.15, 0.2) is 18.5 Å². The molecule has 0 spiro atoms. The van der Waals surface area contributed by atoms with Crippen LogP contribution in [0.25, 0.3) is 5.65 Å². The number of nitrogens with zero attached hydrogens (tertiary/aromatic N) is 3. The van der Waals surface area contributed by atoms with Crippen molar-refractivity contribution in [1.82, 2.24) is 14.6 Å². The summed E-state index contributed by atoms with van der Waals surface area (Å²) < 4.78 is 1.71. The molecule has 0 aliphatic heterocycles. The third kappa shape index (κ3) is 1.85. The van der Waals surface area contributed by atoms with Crippen LogP contribution in [0.4, 0.5) is 0 Å². The molecule has 0 atom stereocenters. The maximum Gasteiger partial charge on any atom is 0.155 e. The summed E-state index contributed by atoms with van der Waals surface area (Å²) in [7, 11) is 0. The van der Waals surface area contributed by atoms with Gasteiger partial charge < -0.3 is 5.11 Å². The minimum Gasteiger partial charge on any atom is -0.392 e. The Bertz CT molecular complexity index is 482. The van der Waals surface area contributed by atoms with Gasteiger partial charge in [0.1, 0.15) is 0 Å². The van der Waals surface area contributed by atoms with Crippen LogP contribution in [-0.2, 0) is 12.0 Å². The Morgan fingerprint density at radius 1 is 1.40 bits per heavy atom. The smallest absolute Gasteiger partial charge is 0.155 e. The second kappa shape index (κ2) is 3.31. The van der Waals surface area contributed by atoms with Gasteiger partial charge in [-0.05, 0) is 0 Å². The maximum absolute atomic E-state index is 8.98. The molecule has 2 rings (SSSR count). The van der Waals surface area contributed by atoms with Crippen molar-refractivity contribution in [2.24, 2.45) is 0 Å². The predicted molar refractivity (Wildman–Crippen MR) is 57.6 cm³/mol. The summed E-state index contributed by atoms with van der Waals surface area (Å²) in [6.45, 7) is 6.33. The molecule has 0 aliphatic carbocycles. The van der Waals surface area contributed by atoms with E-state index in [2.05, 4.69) is 30.9 Å². The van der Waals surface area contributed by atoms with Gasteiger partial charge in [-0.3, -0.25) is 0 Å². The molecule has 15 heavy (non-hydrogen) atoms. The van der Waals surface area contributed by atoms with E-state index in [4.69, 9.17) is 5.11 Å². The fourth-order valence-electron chi connectivity index (χ4n) is 1.36. The molecular weight excluding hydrogens is 190 g/mol. The van der Waals surface area contributed by atoms with Crippen molar-refractivity contribution >= 4 is 5.65 Å². The molecular formula is C11H15N3O. The monoisotopic (exact) mass is 205 g/mol. The van der Waals surface area contributed by atoms with Crippen LogP contribution >= 0.6 is 0 Å². The molecule has 0 saturated carbocycles. The highest BCUT2D eigenvalue weighted by atomic mass is 16.3. The lowest BCUT2D eigenvalue weighted by Gasteiger charge is -2.13. The summed E-state index contributed by atoms with van der Waals surface area (Å²) in [6.07, 6.45) is 3.47. The van der Waals surface area contributed by atoms with Crippen LogP contribution in [-0.4, -0.2) is 19.7 Å². The molecule has 0 aromatic carbocycles. The molecule has 0 bridgehead atoms. The van der Waals surface area contributed by atoms with Crippen LogP contribution in [0.2, 0.25) is 0 Å². The molecule has 0 saturated heterocycles. The second-order valence-electron chi connectivity index (χ2n) is 4.70. The zero-order valence-corrected chi connectivity index (χ0v) is 9.23. The number of aromatic nitrogens is 3. The SMILES string of the molecule is CC(C)(C)c1cc2ncc(CO)cn2n1. The van der Waals surface area contributed by atoms with E-state index in [1.807, 2.05) is 6.07 Å². The summed E-state index contributed by atoms with van der Waals surface area (Å²) in [5, 5.41) is 13.4. The molecule has 2 aromatic rings. The van der Waals surface area contributed by atoms with E-state index in [0.29, 0.717) is 0 Å². The molecule has 2 heterocycles. The Balaban J connectivity index is 2.56. The zero-order chi connectivity index (χ0) is 11.1. The van der Waals surface area contributed by atoms with Gasteiger partial charge in [-0.2, -0.15) is 5.10 Å². The Labute approximate surface area is 88.6 Å². The van der Waals surface area contributed by atoms with Gasteiger partial charge in [0.25, 0.3) is 0 Å². The Morgan fingerprint density at radius 2 is 2.13 bits per heavy atom. The van der Waals surface area contributed by atoms with Crippen molar-refractivity contribution in [3.8, 4) is 0 Å². The standard InChI is InChI=1S/C11H15N3O/c1-11(2,3)9-4-10-12-5-8(7-15)6-14(10)13-9/h4-6,15H,7H2,1-3H3. The second-order valence-corrected chi connectivity index (χ2v) is 4.70. The van der Waals surface area contributed by atoms with E-state index in [9.17, 15) is 0 Å². The Morgan fingerprint density at radius 3 is 2.73 bits per heavy atom. The fourth-order valence-corrected chi connectivity index (χ4v) is 1.36. The summed E-state index contributed by atoms with van der Waals surface area (Å²) in [5.41, 5.74) is 2.61. The van der Waals surface area contributed by atoms with Crippen molar-refractivity contribution in [2.75, 3.05) is 0 Å². The van der Waals surface area contributed by atoms with Crippen molar-refractivity contribution < 1.29 is 5.11 Å². The highest BCUT2D eigenvalue weighted by Crippen LogP contribution is 2.21. The lowest BCUT2D eigenvalue weighted by Crippen LogP contribution is -2.11. The summed E-state index contributed by atoms with van der Waals surface area (Å²) in [5.74, 6) is 0. The predicted octanol–water partition coefficient (Wildman–Crippen LogP) is 1.52. The van der Waals surface area contributed by atoms with Crippen molar-refractivity contribution in [3.05, 3.63) is 29.7 Å². The lowest BCUT2D eigenvalue weighted by molar-refractivity contribution is 0.280. The summed E-state index contributed by atoms with van der Waals surface area (Å²) >= 11 is 0. The number of hydrogen-bond acceptors (Lipinski definition) is 3. The average Bonchev–Trinajstić information content (AvgIpc) is 2.59. The minimum absolute atomic E-state index is 0.00630. The summed E-state index contributed by atoms with van der Waals surface area (Å²) in [4.78, 5) is 4.23. The van der Waals surface area contributed by atoms with E-state index >= 15 is 0 Å². The largest absolute Gasteiger partial charge is 0.392 e. The van der Waals surface area contributed by atoms with Gasteiger partial charge in [0.05, 0.1) is 12.3 Å². The van der Waals surface area contributed by atoms with Gasteiger partial charge in [0.15, 0.2) is 5.65 Å². The molecule has 2 aromatic heterocycles. The van der Waals surface area contributed by atoms with E-state index in [1.165, 1.54) is 0 Å². The molecule has 0 amide bonds. The molecule has 4 nitrogen and oxygen atoms in total. The van der Waals surface area contributed by atoms with Gasteiger partial charge in [0.2, 0.25) is 0 Å². The first-order chi connectivity index (χ1) is 7.00. The van der Waals surface area contributed by atoms with Crippen LogP contribution in [0.3, 0.4) is 0 Å². The quantitative estimate of drug-likeness (QED) is 0.768. The van der Waals surface area contributed by atoms with Crippen LogP contribution < -0.4 is 0 Å². The van der Waals surface area contributed by atoms with E-state index in [-0.39, 0.29) is 12.0 Å². The van der Waals surface area contributed by atoms with Gasteiger partial charge in [0, 0.05) is 29.4 Å². The first-order valence-electron chi connectivity index (χ1n) is 4.96. The molecule has 4 heteroatoms. The van der Waals surface area contributed by atoms with Crippen molar-refractivity contribution in [3.63, 3.8) is 0 Å². The van der Waals surface area contributed by atoms with Gasteiger partial charge in [-0.25, -0.2) is 9.50 Å². The van der Waals surface area contributed by atoms with Crippen LogP contribution in [0.1, 0.15) is 32.0 Å². The number of aliphatic hydroxyl groups excluding tert-OH is 1. The molecule has 0 fully saturated rings. The minimum atomic E-state index is -0.00630. The van der Waals surface area contributed by atoms with E-state index in [0.717, 1.165) is 16.9 Å². The fraction of sp³-hybridized carbons (Fsp3) is 0.455. The van der Waals surface area contributed by atoms with E-state index < -0.39 is 0 Å². The number of aliphatic hydroxyl groups is 1. The molecule has 0 radical (unpaired) electrons. The third-order valence-corrected chi connectivity index (χ3v) is 2.32. The molecule has 0 aliphatic rings. The third-order valence-electron chi connectivity index (χ3n) is 2.32. The molecule has 80 valence electrons. The zero-order valence-electron chi connectivity index (χ0n) is 9.23. The highest BCUT2D eigenvalue weighted by molar-refractivity contribution is 5.41. The lowest BCUT2D eigenvalue weighted by atomic mass is 9.93. The Kier molecular flexibility index (Phi) is 2.23. The molecule has 1 N–H and O–H groups in total. The first-order valence-corrected chi connectivity index (χ1v) is 4.96. The van der Waals surface area contributed by atoms with Gasteiger partial charge in [-0.15, -0.1) is 0 Å².